The van der Waals surface area contributed by atoms with Gasteiger partial charge in [0.05, 0.1) is 0 Å². The van der Waals surface area contributed by atoms with Gasteiger partial charge in [-0.25, -0.2) is 0 Å². The standard InChI is InChI=1S/C11H23N3O.2ClH/c1-3-14(2)7-6-13-11(15)8-10-4-5-12-9-10;;/h10,12H,3-9H2,1-2H3,(H,13,15);2*1H. The lowest BCUT2D eigenvalue weighted by atomic mass is 10.0. The van der Waals surface area contributed by atoms with E-state index in [1.54, 1.807) is 0 Å². The van der Waals surface area contributed by atoms with E-state index < -0.39 is 0 Å². The molecule has 17 heavy (non-hydrogen) atoms. The predicted octanol–water partition coefficient (Wildman–Crippen LogP) is 0.897. The van der Waals surface area contributed by atoms with E-state index in [0.717, 1.165) is 39.1 Å². The second-order valence-corrected chi connectivity index (χ2v) is 4.31. The summed E-state index contributed by atoms with van der Waals surface area (Å²) in [6, 6.07) is 0. The molecule has 0 aromatic heterocycles. The number of likely N-dealkylation sites (N-methyl/N-ethyl adjacent to an activating group) is 1. The molecule has 1 rings (SSSR count). The maximum atomic E-state index is 11.5. The van der Waals surface area contributed by atoms with E-state index in [4.69, 9.17) is 0 Å². The highest BCUT2D eigenvalue weighted by Crippen LogP contribution is 2.11. The Morgan fingerprint density at radius 2 is 2.18 bits per heavy atom. The van der Waals surface area contributed by atoms with Crippen molar-refractivity contribution in [2.24, 2.45) is 5.92 Å². The van der Waals surface area contributed by atoms with Crippen molar-refractivity contribution >= 4 is 30.7 Å². The van der Waals surface area contributed by atoms with Crippen LogP contribution in [0, 0.1) is 5.92 Å². The molecule has 1 aliphatic heterocycles. The monoisotopic (exact) mass is 285 g/mol. The van der Waals surface area contributed by atoms with Crippen LogP contribution in [0.2, 0.25) is 0 Å². The third-order valence-electron chi connectivity index (χ3n) is 2.99. The Bertz CT molecular complexity index is 199. The average molecular weight is 286 g/mol. The lowest BCUT2D eigenvalue weighted by Gasteiger charge is -2.14. The topological polar surface area (TPSA) is 44.4 Å². The second-order valence-electron chi connectivity index (χ2n) is 4.31. The minimum atomic E-state index is 0. The molecule has 1 atom stereocenters. The Hall–Kier alpha value is -0.0300. The number of rotatable bonds is 6. The predicted molar refractivity (Wildman–Crippen MR) is 76.3 cm³/mol. The molecule has 6 heteroatoms. The van der Waals surface area contributed by atoms with E-state index in [1.165, 1.54) is 0 Å². The number of nitrogens with zero attached hydrogens (tertiary/aromatic N) is 1. The minimum absolute atomic E-state index is 0. The number of carbonyl (C=O) groups is 1. The van der Waals surface area contributed by atoms with Crippen molar-refractivity contribution in [2.75, 3.05) is 39.8 Å². The molecule has 104 valence electrons. The molecular formula is C11H25Cl2N3O. The Morgan fingerprint density at radius 3 is 2.71 bits per heavy atom. The summed E-state index contributed by atoms with van der Waals surface area (Å²) < 4.78 is 0. The highest BCUT2D eigenvalue weighted by atomic mass is 35.5. The van der Waals surface area contributed by atoms with Gasteiger partial charge in [-0.2, -0.15) is 0 Å². The van der Waals surface area contributed by atoms with E-state index in [9.17, 15) is 4.79 Å². The number of nitrogens with one attached hydrogen (secondary N) is 2. The van der Waals surface area contributed by atoms with Gasteiger partial charge in [-0.3, -0.25) is 4.79 Å². The highest BCUT2D eigenvalue weighted by Gasteiger charge is 2.17. The fourth-order valence-electron chi connectivity index (χ4n) is 1.77. The van der Waals surface area contributed by atoms with Gasteiger partial charge in [0, 0.05) is 19.5 Å². The van der Waals surface area contributed by atoms with Crippen LogP contribution in [0.5, 0.6) is 0 Å². The molecule has 1 unspecified atom stereocenters. The molecule has 4 nitrogen and oxygen atoms in total. The Morgan fingerprint density at radius 1 is 1.47 bits per heavy atom. The molecule has 1 aliphatic rings. The molecule has 1 fully saturated rings. The zero-order chi connectivity index (χ0) is 11.1. The largest absolute Gasteiger partial charge is 0.355 e. The molecule has 0 aliphatic carbocycles. The summed E-state index contributed by atoms with van der Waals surface area (Å²) in [4.78, 5) is 13.7. The van der Waals surface area contributed by atoms with Crippen LogP contribution >= 0.6 is 24.8 Å². The minimum Gasteiger partial charge on any atom is -0.355 e. The van der Waals surface area contributed by atoms with Crippen LogP contribution in [0.25, 0.3) is 0 Å². The maximum Gasteiger partial charge on any atom is 0.220 e. The highest BCUT2D eigenvalue weighted by molar-refractivity contribution is 5.85. The number of halogens is 2. The molecule has 0 aromatic rings. The van der Waals surface area contributed by atoms with Crippen molar-refractivity contribution in [1.29, 1.82) is 0 Å². The van der Waals surface area contributed by atoms with Gasteiger partial charge < -0.3 is 15.5 Å². The van der Waals surface area contributed by atoms with Crippen LogP contribution < -0.4 is 10.6 Å². The number of hydrogen-bond acceptors (Lipinski definition) is 3. The van der Waals surface area contributed by atoms with Gasteiger partial charge in [-0.1, -0.05) is 6.92 Å². The van der Waals surface area contributed by atoms with Crippen molar-refractivity contribution in [1.82, 2.24) is 15.5 Å². The van der Waals surface area contributed by atoms with E-state index in [0.29, 0.717) is 12.3 Å². The number of amides is 1. The van der Waals surface area contributed by atoms with Crippen LogP contribution in [-0.4, -0.2) is 50.6 Å². The van der Waals surface area contributed by atoms with Gasteiger partial charge in [0.1, 0.15) is 0 Å². The van der Waals surface area contributed by atoms with Gasteiger partial charge in [0.2, 0.25) is 5.91 Å². The zero-order valence-electron chi connectivity index (χ0n) is 10.7. The molecule has 0 saturated carbocycles. The molecule has 0 aromatic carbocycles. The van der Waals surface area contributed by atoms with Gasteiger partial charge in [-0.05, 0) is 39.0 Å². The van der Waals surface area contributed by atoms with Gasteiger partial charge in [-0.15, -0.1) is 24.8 Å². The summed E-state index contributed by atoms with van der Waals surface area (Å²) in [6.45, 7) is 6.92. The lowest BCUT2D eigenvalue weighted by Crippen LogP contribution is -2.33. The SMILES string of the molecule is CCN(C)CCNC(=O)CC1CCNC1.Cl.Cl. The second kappa shape index (κ2) is 11.1. The third kappa shape index (κ3) is 8.66. The van der Waals surface area contributed by atoms with E-state index >= 15 is 0 Å². The van der Waals surface area contributed by atoms with Crippen molar-refractivity contribution in [3.8, 4) is 0 Å². The summed E-state index contributed by atoms with van der Waals surface area (Å²) in [7, 11) is 2.06. The van der Waals surface area contributed by atoms with Crippen LogP contribution in [0.15, 0.2) is 0 Å². The van der Waals surface area contributed by atoms with Gasteiger partial charge in [0.15, 0.2) is 0 Å². The first-order chi connectivity index (χ1) is 7.22. The third-order valence-corrected chi connectivity index (χ3v) is 2.99. The van der Waals surface area contributed by atoms with E-state index in [-0.39, 0.29) is 30.7 Å². The van der Waals surface area contributed by atoms with Crippen LogP contribution in [0.1, 0.15) is 19.8 Å². The zero-order valence-corrected chi connectivity index (χ0v) is 12.3. The number of carbonyl (C=O) groups excluding carboxylic acids is 1. The van der Waals surface area contributed by atoms with Gasteiger partial charge >= 0.3 is 0 Å². The first-order valence-electron chi connectivity index (χ1n) is 5.88. The fourth-order valence-corrected chi connectivity index (χ4v) is 1.77. The molecule has 2 N–H and O–H groups in total. The summed E-state index contributed by atoms with van der Waals surface area (Å²) in [5, 5.41) is 6.24. The normalized spacial score (nSPS) is 18.4. The summed E-state index contributed by atoms with van der Waals surface area (Å²) in [5.41, 5.74) is 0. The first kappa shape index (κ1) is 19.3. The van der Waals surface area contributed by atoms with Crippen molar-refractivity contribution < 1.29 is 4.79 Å². The quantitative estimate of drug-likeness (QED) is 0.762. The molecule has 1 amide bonds. The van der Waals surface area contributed by atoms with E-state index in [1.807, 2.05) is 0 Å². The Balaban J connectivity index is 0. The summed E-state index contributed by atoms with van der Waals surface area (Å²) >= 11 is 0. The molecule has 0 spiro atoms. The van der Waals surface area contributed by atoms with Crippen LogP contribution in [-0.2, 0) is 4.79 Å². The smallest absolute Gasteiger partial charge is 0.220 e. The van der Waals surface area contributed by atoms with Crippen molar-refractivity contribution in [3.05, 3.63) is 0 Å². The summed E-state index contributed by atoms with van der Waals surface area (Å²) in [5.74, 6) is 0.752. The van der Waals surface area contributed by atoms with Gasteiger partial charge in [0.25, 0.3) is 0 Å². The van der Waals surface area contributed by atoms with Crippen molar-refractivity contribution in [2.45, 2.75) is 19.8 Å². The average Bonchev–Trinajstić information content (AvgIpc) is 2.70. The number of hydrogen-bond donors (Lipinski definition) is 2. The Kier molecular flexibility index (Phi) is 12.6. The molecule has 1 saturated heterocycles. The summed E-state index contributed by atoms with van der Waals surface area (Å²) in [6.07, 6.45) is 1.82. The first-order valence-corrected chi connectivity index (χ1v) is 5.88. The van der Waals surface area contributed by atoms with Crippen LogP contribution in [0.3, 0.4) is 0 Å². The molecular weight excluding hydrogens is 261 g/mol. The Labute approximate surface area is 117 Å². The van der Waals surface area contributed by atoms with E-state index in [2.05, 4.69) is 29.5 Å². The lowest BCUT2D eigenvalue weighted by molar-refractivity contribution is -0.121. The van der Waals surface area contributed by atoms with Crippen LogP contribution in [0.4, 0.5) is 0 Å². The maximum absolute atomic E-state index is 11.5. The fraction of sp³-hybridized carbons (Fsp3) is 0.909. The molecule has 0 radical (unpaired) electrons. The van der Waals surface area contributed by atoms with Crippen molar-refractivity contribution in [3.63, 3.8) is 0 Å². The molecule has 0 bridgehead atoms. The molecule has 1 heterocycles.